The maximum absolute atomic E-state index is 5.86. The van der Waals surface area contributed by atoms with E-state index in [1.807, 2.05) is 25.1 Å². The molecule has 1 rings (SSSR count). The van der Waals surface area contributed by atoms with Gasteiger partial charge in [0, 0.05) is 17.6 Å². The Morgan fingerprint density at radius 3 is 2.64 bits per heavy atom. The van der Waals surface area contributed by atoms with Crippen LogP contribution in [0.3, 0.4) is 0 Å². The molecule has 0 aliphatic heterocycles. The maximum Gasteiger partial charge on any atom is 0.126 e. The quantitative estimate of drug-likeness (QED) is 0.776. The zero-order valence-corrected chi connectivity index (χ0v) is 9.67. The van der Waals surface area contributed by atoms with Crippen molar-refractivity contribution < 1.29 is 0 Å². The first-order valence-electron chi connectivity index (χ1n) is 4.89. The molecule has 2 nitrogen and oxygen atoms in total. The highest BCUT2D eigenvalue weighted by Crippen LogP contribution is 2.11. The number of hydrogen-bond donors (Lipinski definition) is 1. The minimum Gasteiger partial charge on any atom is -0.366 e. The van der Waals surface area contributed by atoms with E-state index in [1.54, 1.807) is 0 Å². The summed E-state index contributed by atoms with van der Waals surface area (Å²) in [6.07, 6.45) is 0. The van der Waals surface area contributed by atoms with Gasteiger partial charge < -0.3 is 5.32 Å². The van der Waals surface area contributed by atoms with Gasteiger partial charge in [0.15, 0.2) is 0 Å². The van der Waals surface area contributed by atoms with Crippen LogP contribution in [0.5, 0.6) is 0 Å². The molecule has 0 fully saturated rings. The van der Waals surface area contributed by atoms with Crippen LogP contribution in [-0.4, -0.2) is 16.9 Å². The summed E-state index contributed by atoms with van der Waals surface area (Å²) in [5, 5.41) is 3.33. The summed E-state index contributed by atoms with van der Waals surface area (Å²) in [6, 6.07) is 6.23. The molecule has 0 spiro atoms. The lowest BCUT2D eigenvalue weighted by Crippen LogP contribution is -2.27. The number of nitrogens with zero attached hydrogens (tertiary/aromatic N) is 1. The van der Waals surface area contributed by atoms with Gasteiger partial charge in [-0.1, -0.05) is 19.9 Å². The summed E-state index contributed by atoms with van der Waals surface area (Å²) in [4.78, 5) is 4.37. The van der Waals surface area contributed by atoms with E-state index in [4.69, 9.17) is 11.6 Å². The van der Waals surface area contributed by atoms with Crippen molar-refractivity contribution in [3.05, 3.63) is 23.9 Å². The third kappa shape index (κ3) is 3.18. The predicted molar refractivity (Wildman–Crippen MR) is 61.9 cm³/mol. The van der Waals surface area contributed by atoms with Gasteiger partial charge in [-0.25, -0.2) is 4.98 Å². The fraction of sp³-hybridized carbons (Fsp3) is 0.545. The van der Waals surface area contributed by atoms with E-state index >= 15 is 0 Å². The number of alkyl halides is 1. The molecule has 1 aromatic rings. The van der Waals surface area contributed by atoms with Crippen LogP contribution < -0.4 is 5.32 Å². The van der Waals surface area contributed by atoms with Gasteiger partial charge in [0.05, 0.1) is 0 Å². The second-order valence-corrected chi connectivity index (χ2v) is 4.12. The third-order valence-electron chi connectivity index (χ3n) is 2.19. The average Bonchev–Trinajstić information content (AvgIpc) is 2.14. The van der Waals surface area contributed by atoms with Crippen molar-refractivity contribution in [2.24, 2.45) is 5.92 Å². The van der Waals surface area contributed by atoms with Crippen LogP contribution in [0, 0.1) is 12.8 Å². The average molecular weight is 213 g/mol. The molecule has 0 aromatic carbocycles. The van der Waals surface area contributed by atoms with Crippen LogP contribution in [0.2, 0.25) is 0 Å². The normalized spacial score (nSPS) is 12.9. The van der Waals surface area contributed by atoms with Crippen molar-refractivity contribution in [3.63, 3.8) is 0 Å². The number of hydrogen-bond acceptors (Lipinski definition) is 2. The van der Waals surface area contributed by atoms with E-state index < -0.39 is 0 Å². The first-order chi connectivity index (χ1) is 6.63. The first kappa shape index (κ1) is 11.3. The monoisotopic (exact) mass is 212 g/mol. The lowest BCUT2D eigenvalue weighted by Gasteiger charge is -2.20. The SMILES string of the molecule is Cc1cccc(NC(CCl)C(C)C)n1. The molecular formula is C11H17ClN2. The van der Waals surface area contributed by atoms with Crippen molar-refractivity contribution in [1.82, 2.24) is 4.98 Å². The van der Waals surface area contributed by atoms with E-state index in [0.717, 1.165) is 11.5 Å². The molecule has 1 unspecified atom stereocenters. The van der Waals surface area contributed by atoms with Crippen LogP contribution in [0.25, 0.3) is 0 Å². The molecule has 0 bridgehead atoms. The second-order valence-electron chi connectivity index (χ2n) is 3.81. The van der Waals surface area contributed by atoms with Crippen molar-refractivity contribution in [3.8, 4) is 0 Å². The number of aromatic nitrogens is 1. The smallest absolute Gasteiger partial charge is 0.126 e. The molecule has 1 heterocycles. The minimum absolute atomic E-state index is 0.283. The Morgan fingerprint density at radius 1 is 1.43 bits per heavy atom. The molecule has 1 atom stereocenters. The lowest BCUT2D eigenvalue weighted by molar-refractivity contribution is 0.562. The van der Waals surface area contributed by atoms with Crippen LogP contribution >= 0.6 is 11.6 Å². The predicted octanol–water partition coefficient (Wildman–Crippen LogP) is 3.07. The summed E-state index contributed by atoms with van der Waals surface area (Å²) in [5.74, 6) is 2.02. The molecule has 1 aromatic heterocycles. The third-order valence-corrected chi connectivity index (χ3v) is 2.53. The Balaban J connectivity index is 2.67. The Morgan fingerprint density at radius 2 is 2.14 bits per heavy atom. The van der Waals surface area contributed by atoms with E-state index in [-0.39, 0.29) is 6.04 Å². The summed E-state index contributed by atoms with van der Waals surface area (Å²) in [6.45, 7) is 6.28. The first-order valence-corrected chi connectivity index (χ1v) is 5.43. The van der Waals surface area contributed by atoms with Crippen molar-refractivity contribution in [2.45, 2.75) is 26.8 Å². The number of halogens is 1. The van der Waals surface area contributed by atoms with E-state index in [2.05, 4.69) is 24.1 Å². The van der Waals surface area contributed by atoms with Crippen LogP contribution in [0.15, 0.2) is 18.2 Å². The topological polar surface area (TPSA) is 24.9 Å². The highest BCUT2D eigenvalue weighted by Gasteiger charge is 2.11. The Hall–Kier alpha value is -0.760. The number of anilines is 1. The van der Waals surface area contributed by atoms with Gasteiger partial charge in [-0.15, -0.1) is 11.6 Å². The largest absolute Gasteiger partial charge is 0.366 e. The summed E-state index contributed by atoms with van der Waals surface area (Å²) >= 11 is 5.86. The van der Waals surface area contributed by atoms with E-state index in [0.29, 0.717) is 11.8 Å². The highest BCUT2D eigenvalue weighted by atomic mass is 35.5. The Bertz CT molecular complexity index is 286. The zero-order chi connectivity index (χ0) is 10.6. The standard InChI is InChI=1S/C11H17ClN2/c1-8(2)10(7-12)14-11-6-4-5-9(3)13-11/h4-6,8,10H,7H2,1-3H3,(H,13,14). The number of nitrogens with one attached hydrogen (secondary N) is 1. The van der Waals surface area contributed by atoms with Gasteiger partial charge in [-0.05, 0) is 25.0 Å². The van der Waals surface area contributed by atoms with Crippen LogP contribution in [0.1, 0.15) is 19.5 Å². The number of pyridine rings is 1. The molecule has 0 saturated heterocycles. The number of rotatable bonds is 4. The van der Waals surface area contributed by atoms with Gasteiger partial charge in [-0.2, -0.15) is 0 Å². The molecule has 0 saturated carbocycles. The summed E-state index contributed by atoms with van der Waals surface area (Å²) in [5.41, 5.74) is 1.02. The van der Waals surface area contributed by atoms with E-state index in [9.17, 15) is 0 Å². The lowest BCUT2D eigenvalue weighted by atomic mass is 10.1. The van der Waals surface area contributed by atoms with Crippen molar-refractivity contribution >= 4 is 17.4 Å². The fourth-order valence-electron chi connectivity index (χ4n) is 1.20. The van der Waals surface area contributed by atoms with E-state index in [1.165, 1.54) is 0 Å². The fourth-order valence-corrected chi connectivity index (χ4v) is 1.63. The summed E-state index contributed by atoms with van der Waals surface area (Å²) < 4.78 is 0. The molecule has 0 radical (unpaired) electrons. The van der Waals surface area contributed by atoms with Gasteiger partial charge >= 0.3 is 0 Å². The van der Waals surface area contributed by atoms with Gasteiger partial charge in [-0.3, -0.25) is 0 Å². The number of aryl methyl sites for hydroxylation is 1. The molecule has 0 amide bonds. The second kappa shape index (κ2) is 5.20. The zero-order valence-electron chi connectivity index (χ0n) is 8.92. The molecular weight excluding hydrogens is 196 g/mol. The van der Waals surface area contributed by atoms with Crippen LogP contribution in [0.4, 0.5) is 5.82 Å². The van der Waals surface area contributed by atoms with Gasteiger partial charge in [0.1, 0.15) is 5.82 Å². The molecule has 0 aliphatic rings. The van der Waals surface area contributed by atoms with Crippen molar-refractivity contribution in [2.75, 3.05) is 11.2 Å². The molecule has 3 heteroatoms. The van der Waals surface area contributed by atoms with Gasteiger partial charge in [0.2, 0.25) is 0 Å². The van der Waals surface area contributed by atoms with Crippen LogP contribution in [-0.2, 0) is 0 Å². The maximum atomic E-state index is 5.86. The Kier molecular flexibility index (Phi) is 4.21. The highest BCUT2D eigenvalue weighted by molar-refractivity contribution is 6.18. The minimum atomic E-state index is 0.283. The molecule has 0 aliphatic carbocycles. The van der Waals surface area contributed by atoms with Gasteiger partial charge in [0.25, 0.3) is 0 Å². The summed E-state index contributed by atoms with van der Waals surface area (Å²) in [7, 11) is 0. The molecule has 78 valence electrons. The molecule has 1 N–H and O–H groups in total. The Labute approximate surface area is 90.7 Å². The van der Waals surface area contributed by atoms with Crippen molar-refractivity contribution in [1.29, 1.82) is 0 Å². The molecule has 14 heavy (non-hydrogen) atoms.